The molecule has 0 bridgehead atoms. The Bertz CT molecular complexity index is 336. The minimum Gasteiger partial charge on any atom is -0.481 e. The molecule has 0 spiro atoms. The fourth-order valence-electron chi connectivity index (χ4n) is 3.10. The first-order valence-electron chi connectivity index (χ1n) is 8.12. The number of aliphatic carboxylic acids is 1. The summed E-state index contributed by atoms with van der Waals surface area (Å²) in [5.74, 6) is 0.775. The lowest BCUT2D eigenvalue weighted by molar-refractivity contribution is -0.138. The molecule has 0 aromatic carbocycles. The third-order valence-corrected chi connectivity index (χ3v) is 4.34. The molecule has 1 amide bonds. The van der Waals surface area contributed by atoms with E-state index in [1.165, 1.54) is 0 Å². The van der Waals surface area contributed by atoms with Crippen LogP contribution in [0.25, 0.3) is 0 Å². The number of piperidine rings is 1. The summed E-state index contributed by atoms with van der Waals surface area (Å²) in [6.45, 7) is 6.41. The molecule has 0 unspecified atom stereocenters. The molecule has 5 nitrogen and oxygen atoms in total. The summed E-state index contributed by atoms with van der Waals surface area (Å²) >= 11 is 0. The fourth-order valence-corrected chi connectivity index (χ4v) is 3.10. The van der Waals surface area contributed by atoms with E-state index < -0.39 is 5.97 Å². The van der Waals surface area contributed by atoms with Crippen LogP contribution in [-0.4, -0.2) is 41.5 Å². The summed E-state index contributed by atoms with van der Waals surface area (Å²) in [6.07, 6.45) is 4.37. The second-order valence-corrected chi connectivity index (χ2v) is 6.69. The second kappa shape index (κ2) is 9.03. The molecule has 1 aliphatic rings. The van der Waals surface area contributed by atoms with Crippen molar-refractivity contribution in [2.45, 2.75) is 52.4 Å². The van der Waals surface area contributed by atoms with Gasteiger partial charge in [0.2, 0.25) is 5.91 Å². The van der Waals surface area contributed by atoms with E-state index in [4.69, 9.17) is 10.8 Å². The summed E-state index contributed by atoms with van der Waals surface area (Å²) in [7, 11) is 0. The molecule has 1 heterocycles. The molecule has 0 aromatic rings. The van der Waals surface area contributed by atoms with Crippen LogP contribution in [0.15, 0.2) is 0 Å². The third-order valence-electron chi connectivity index (χ3n) is 4.34. The number of amides is 1. The van der Waals surface area contributed by atoms with E-state index in [9.17, 15) is 9.59 Å². The van der Waals surface area contributed by atoms with Gasteiger partial charge in [0, 0.05) is 25.9 Å². The summed E-state index contributed by atoms with van der Waals surface area (Å²) in [5.41, 5.74) is 5.76. The van der Waals surface area contributed by atoms with E-state index in [2.05, 4.69) is 13.8 Å². The van der Waals surface area contributed by atoms with Gasteiger partial charge in [-0.2, -0.15) is 0 Å². The average Bonchev–Trinajstić information content (AvgIpc) is 2.44. The van der Waals surface area contributed by atoms with Crippen molar-refractivity contribution in [3.05, 3.63) is 0 Å². The Morgan fingerprint density at radius 3 is 2.38 bits per heavy atom. The number of carboxylic acid groups (broad SMARTS) is 1. The van der Waals surface area contributed by atoms with Crippen LogP contribution in [-0.2, 0) is 9.59 Å². The maximum Gasteiger partial charge on any atom is 0.303 e. The molecule has 21 heavy (non-hydrogen) atoms. The van der Waals surface area contributed by atoms with Crippen LogP contribution in [0, 0.1) is 17.8 Å². The van der Waals surface area contributed by atoms with Gasteiger partial charge in [-0.05, 0) is 50.0 Å². The number of carbonyl (C=O) groups is 2. The first-order valence-corrected chi connectivity index (χ1v) is 8.12. The summed E-state index contributed by atoms with van der Waals surface area (Å²) < 4.78 is 0. The van der Waals surface area contributed by atoms with Crippen molar-refractivity contribution in [1.82, 2.24) is 4.90 Å². The third kappa shape index (κ3) is 6.93. The highest BCUT2D eigenvalue weighted by Gasteiger charge is 2.24. The lowest BCUT2D eigenvalue weighted by atomic mass is 9.90. The highest BCUT2D eigenvalue weighted by atomic mass is 16.4. The molecule has 1 rings (SSSR count). The van der Waals surface area contributed by atoms with E-state index in [-0.39, 0.29) is 18.2 Å². The zero-order valence-corrected chi connectivity index (χ0v) is 13.4. The lowest BCUT2D eigenvalue weighted by Crippen LogP contribution is -2.40. The molecule has 5 heteroatoms. The van der Waals surface area contributed by atoms with Crippen LogP contribution < -0.4 is 5.73 Å². The predicted molar refractivity (Wildman–Crippen MR) is 82.8 cm³/mol. The molecule has 3 N–H and O–H groups in total. The molecule has 1 aliphatic heterocycles. The number of likely N-dealkylation sites (tertiary alicyclic amines) is 1. The Hall–Kier alpha value is -1.10. The van der Waals surface area contributed by atoms with Gasteiger partial charge in [0.05, 0.1) is 0 Å². The maximum absolute atomic E-state index is 12.3. The minimum absolute atomic E-state index is 0.211. The maximum atomic E-state index is 12.3. The van der Waals surface area contributed by atoms with Crippen molar-refractivity contribution in [2.75, 3.05) is 19.6 Å². The normalized spacial score (nSPS) is 18.0. The standard InChI is InChI=1S/C16H30N2O3/c1-12(2)9-14(11-17)10-15(19)18-7-5-13(6-8-18)3-4-16(20)21/h12-14H,3-11,17H2,1-2H3,(H,20,21)/t14-/m0/s1. The zero-order chi connectivity index (χ0) is 15.8. The van der Waals surface area contributed by atoms with E-state index in [0.717, 1.165) is 38.8 Å². The van der Waals surface area contributed by atoms with Crippen molar-refractivity contribution in [1.29, 1.82) is 0 Å². The van der Waals surface area contributed by atoms with Crippen molar-refractivity contribution < 1.29 is 14.7 Å². The van der Waals surface area contributed by atoms with Gasteiger partial charge >= 0.3 is 5.97 Å². The molecule has 0 aliphatic carbocycles. The number of carboxylic acids is 1. The van der Waals surface area contributed by atoms with Gasteiger partial charge in [0.1, 0.15) is 0 Å². The Morgan fingerprint density at radius 1 is 1.29 bits per heavy atom. The SMILES string of the molecule is CC(C)C[C@H](CN)CC(=O)N1CCC(CCC(=O)O)CC1. The van der Waals surface area contributed by atoms with Crippen molar-refractivity contribution >= 4 is 11.9 Å². The molecular weight excluding hydrogens is 268 g/mol. The number of carbonyl (C=O) groups excluding carboxylic acids is 1. The number of rotatable bonds is 8. The van der Waals surface area contributed by atoms with Gasteiger partial charge in [0.15, 0.2) is 0 Å². The molecule has 0 saturated carbocycles. The topological polar surface area (TPSA) is 83.6 Å². The first-order chi connectivity index (χ1) is 9.92. The van der Waals surface area contributed by atoms with Crippen LogP contribution in [0.1, 0.15) is 52.4 Å². The van der Waals surface area contributed by atoms with Crippen LogP contribution in [0.4, 0.5) is 0 Å². The van der Waals surface area contributed by atoms with Gasteiger partial charge in [0.25, 0.3) is 0 Å². The Labute approximate surface area is 127 Å². The summed E-state index contributed by atoms with van der Waals surface area (Å²) in [5, 5.41) is 8.71. The van der Waals surface area contributed by atoms with Crippen LogP contribution in [0.5, 0.6) is 0 Å². The highest BCUT2D eigenvalue weighted by molar-refractivity contribution is 5.76. The molecule has 0 aromatic heterocycles. The van der Waals surface area contributed by atoms with Crippen molar-refractivity contribution in [3.63, 3.8) is 0 Å². The molecule has 1 saturated heterocycles. The predicted octanol–water partition coefficient (Wildman–Crippen LogP) is 2.10. The quantitative estimate of drug-likeness (QED) is 0.719. The van der Waals surface area contributed by atoms with Gasteiger partial charge in [-0.15, -0.1) is 0 Å². The monoisotopic (exact) mass is 298 g/mol. The molecule has 122 valence electrons. The van der Waals surface area contributed by atoms with Gasteiger partial charge in [-0.3, -0.25) is 9.59 Å². The molecule has 1 atom stereocenters. The van der Waals surface area contributed by atoms with Crippen molar-refractivity contribution in [3.8, 4) is 0 Å². The molecule has 1 fully saturated rings. The van der Waals surface area contributed by atoms with Gasteiger partial charge < -0.3 is 15.7 Å². The van der Waals surface area contributed by atoms with E-state index in [1.54, 1.807) is 0 Å². The number of hydrogen-bond donors (Lipinski definition) is 2. The Balaban J connectivity index is 2.32. The second-order valence-electron chi connectivity index (χ2n) is 6.69. The van der Waals surface area contributed by atoms with E-state index in [1.807, 2.05) is 4.90 Å². The van der Waals surface area contributed by atoms with Gasteiger partial charge in [-0.25, -0.2) is 0 Å². The zero-order valence-electron chi connectivity index (χ0n) is 13.4. The van der Waals surface area contributed by atoms with Crippen LogP contribution in [0.2, 0.25) is 0 Å². The number of nitrogens with two attached hydrogens (primary N) is 1. The lowest BCUT2D eigenvalue weighted by Gasteiger charge is -2.33. The highest BCUT2D eigenvalue weighted by Crippen LogP contribution is 2.23. The average molecular weight is 298 g/mol. The first kappa shape index (κ1) is 18.0. The fraction of sp³-hybridized carbons (Fsp3) is 0.875. The van der Waals surface area contributed by atoms with Crippen LogP contribution >= 0.6 is 0 Å². The number of nitrogens with zero attached hydrogens (tertiary/aromatic N) is 1. The van der Waals surface area contributed by atoms with E-state index >= 15 is 0 Å². The largest absolute Gasteiger partial charge is 0.481 e. The minimum atomic E-state index is -0.729. The number of hydrogen-bond acceptors (Lipinski definition) is 3. The van der Waals surface area contributed by atoms with Crippen LogP contribution in [0.3, 0.4) is 0 Å². The smallest absolute Gasteiger partial charge is 0.303 e. The molecular formula is C16H30N2O3. The van der Waals surface area contributed by atoms with Crippen molar-refractivity contribution in [2.24, 2.45) is 23.5 Å². The van der Waals surface area contributed by atoms with E-state index in [0.29, 0.717) is 24.8 Å². The summed E-state index contributed by atoms with van der Waals surface area (Å²) in [6, 6.07) is 0. The summed E-state index contributed by atoms with van der Waals surface area (Å²) in [4.78, 5) is 24.8. The Kier molecular flexibility index (Phi) is 7.72. The Morgan fingerprint density at radius 2 is 1.90 bits per heavy atom. The van der Waals surface area contributed by atoms with Gasteiger partial charge in [-0.1, -0.05) is 13.8 Å². The molecule has 0 radical (unpaired) electrons.